The van der Waals surface area contributed by atoms with Crippen molar-refractivity contribution < 1.29 is 27.5 Å². The fraction of sp³-hybridized carbons (Fsp3) is 0.474. The van der Waals surface area contributed by atoms with Gasteiger partial charge in [-0.1, -0.05) is 0 Å². The monoisotopic (exact) mass is 440 g/mol. The van der Waals surface area contributed by atoms with E-state index in [0.29, 0.717) is 38.3 Å². The van der Waals surface area contributed by atoms with Crippen LogP contribution in [0.15, 0.2) is 24.7 Å². The molecular weight excluding hydrogens is 417 g/mol. The van der Waals surface area contributed by atoms with Gasteiger partial charge in [-0.2, -0.15) is 13.2 Å². The summed E-state index contributed by atoms with van der Waals surface area (Å²) in [6, 6.07) is 1.71. The molecule has 3 heterocycles. The second-order valence-electron chi connectivity index (χ2n) is 7.26. The maximum absolute atomic E-state index is 12.9. The van der Waals surface area contributed by atoms with Gasteiger partial charge in [0.25, 0.3) is 5.91 Å². The number of nitrogens with zero attached hydrogens (tertiary/aromatic N) is 5. The van der Waals surface area contributed by atoms with Crippen molar-refractivity contribution in [1.29, 1.82) is 0 Å². The zero-order valence-corrected chi connectivity index (χ0v) is 17.1. The van der Waals surface area contributed by atoms with Crippen LogP contribution in [0.25, 0.3) is 0 Å². The predicted molar refractivity (Wildman–Crippen MR) is 104 cm³/mol. The van der Waals surface area contributed by atoms with Crippen LogP contribution in [0.2, 0.25) is 0 Å². The molecule has 1 atom stereocenters. The van der Waals surface area contributed by atoms with Crippen molar-refractivity contribution in [2.75, 3.05) is 31.1 Å². The summed E-state index contributed by atoms with van der Waals surface area (Å²) in [5.41, 5.74) is 5.39. The van der Waals surface area contributed by atoms with Crippen LogP contribution in [0.3, 0.4) is 0 Å². The van der Waals surface area contributed by atoms with Crippen molar-refractivity contribution in [3.63, 3.8) is 0 Å². The molecule has 0 aliphatic carbocycles. The van der Waals surface area contributed by atoms with Gasteiger partial charge in [0, 0.05) is 50.5 Å². The normalized spacial score (nSPS) is 15.6. The molecule has 9 nitrogen and oxygen atoms in total. The average molecular weight is 440 g/mol. The largest absolute Gasteiger partial charge is 0.445 e. The van der Waals surface area contributed by atoms with Crippen LogP contribution < -0.4 is 10.6 Å². The predicted octanol–water partition coefficient (Wildman–Crippen LogP) is 2.05. The number of hydrogen-bond acceptors (Lipinski definition) is 6. The van der Waals surface area contributed by atoms with Crippen molar-refractivity contribution >= 4 is 17.9 Å². The van der Waals surface area contributed by atoms with Crippen molar-refractivity contribution in [2.24, 2.45) is 5.73 Å². The fourth-order valence-corrected chi connectivity index (χ4v) is 3.40. The summed E-state index contributed by atoms with van der Waals surface area (Å²) in [5, 5.41) is 0. The van der Waals surface area contributed by atoms with E-state index in [1.165, 1.54) is 0 Å². The summed E-state index contributed by atoms with van der Waals surface area (Å²) >= 11 is 0. The second kappa shape index (κ2) is 8.82. The molecule has 1 aliphatic rings. The van der Waals surface area contributed by atoms with E-state index in [-0.39, 0.29) is 11.9 Å². The highest BCUT2D eigenvalue weighted by atomic mass is 19.4. The van der Waals surface area contributed by atoms with E-state index in [4.69, 9.17) is 10.5 Å². The molecule has 0 radical (unpaired) electrons. The number of nitrogens with two attached hydrogens (primary N) is 1. The third kappa shape index (κ3) is 5.25. The third-order valence-electron chi connectivity index (χ3n) is 5.06. The Morgan fingerprint density at radius 2 is 1.81 bits per heavy atom. The minimum atomic E-state index is -4.48. The second-order valence-corrected chi connectivity index (χ2v) is 7.26. The Bertz CT molecular complexity index is 936. The first-order valence-electron chi connectivity index (χ1n) is 9.61. The number of carbonyl (C=O) groups is 2. The van der Waals surface area contributed by atoms with Gasteiger partial charge in [-0.15, -0.1) is 0 Å². The zero-order chi connectivity index (χ0) is 22.8. The highest BCUT2D eigenvalue weighted by molar-refractivity contribution is 5.95. The van der Waals surface area contributed by atoms with E-state index in [1.807, 2.05) is 4.57 Å². The molecule has 168 valence electrons. The van der Waals surface area contributed by atoms with Crippen molar-refractivity contribution in [3.05, 3.63) is 41.5 Å². The number of aromatic nitrogens is 3. The van der Waals surface area contributed by atoms with Crippen LogP contribution >= 0.6 is 0 Å². The van der Waals surface area contributed by atoms with Gasteiger partial charge in [-0.3, -0.25) is 4.79 Å². The van der Waals surface area contributed by atoms with Crippen LogP contribution in [0, 0.1) is 6.92 Å². The van der Waals surface area contributed by atoms with Gasteiger partial charge in [0.1, 0.15) is 6.10 Å². The van der Waals surface area contributed by atoms with E-state index in [9.17, 15) is 22.8 Å². The molecule has 0 unspecified atom stereocenters. The highest BCUT2D eigenvalue weighted by Gasteiger charge is 2.32. The molecule has 0 spiro atoms. The van der Waals surface area contributed by atoms with E-state index in [2.05, 4.69) is 9.97 Å². The highest BCUT2D eigenvalue weighted by Crippen LogP contribution is 2.28. The maximum Gasteiger partial charge on any atom is 0.419 e. The Morgan fingerprint density at radius 1 is 1.19 bits per heavy atom. The SMILES string of the molecule is Cc1c(C(=O)N2CCN(c3ncc(C(F)(F)F)cn3)CC2)ccn1C[C@H](C)OC(N)=O. The Labute approximate surface area is 176 Å². The first-order valence-corrected chi connectivity index (χ1v) is 9.61. The minimum absolute atomic E-state index is 0.146. The van der Waals surface area contributed by atoms with Gasteiger partial charge in [0.05, 0.1) is 17.7 Å². The van der Waals surface area contributed by atoms with E-state index in [1.54, 1.807) is 35.9 Å². The first-order chi connectivity index (χ1) is 14.6. The first kappa shape index (κ1) is 22.4. The number of primary amides is 1. The molecule has 2 aromatic heterocycles. The number of amides is 2. The summed E-state index contributed by atoms with van der Waals surface area (Å²) in [6.07, 6.45) is -2.52. The molecule has 2 N–H and O–H groups in total. The molecule has 1 aliphatic heterocycles. The molecule has 31 heavy (non-hydrogen) atoms. The van der Waals surface area contributed by atoms with Crippen LogP contribution in [0.5, 0.6) is 0 Å². The third-order valence-corrected chi connectivity index (χ3v) is 5.06. The lowest BCUT2D eigenvalue weighted by molar-refractivity contribution is -0.138. The lowest BCUT2D eigenvalue weighted by Gasteiger charge is -2.34. The number of carbonyl (C=O) groups excluding carboxylic acids is 2. The van der Waals surface area contributed by atoms with Gasteiger partial charge in [0.2, 0.25) is 5.95 Å². The molecule has 0 bridgehead atoms. The molecule has 12 heteroatoms. The zero-order valence-electron chi connectivity index (χ0n) is 17.1. The van der Waals surface area contributed by atoms with Crippen molar-refractivity contribution in [3.8, 4) is 0 Å². The number of alkyl halides is 3. The van der Waals surface area contributed by atoms with Gasteiger partial charge >= 0.3 is 12.3 Å². The van der Waals surface area contributed by atoms with E-state index < -0.39 is 23.9 Å². The summed E-state index contributed by atoms with van der Waals surface area (Å²) in [7, 11) is 0. The van der Waals surface area contributed by atoms with Gasteiger partial charge in [-0.25, -0.2) is 14.8 Å². The van der Waals surface area contributed by atoms with E-state index in [0.717, 1.165) is 18.1 Å². The van der Waals surface area contributed by atoms with Crippen LogP contribution in [0.4, 0.5) is 23.9 Å². The number of halogens is 3. The van der Waals surface area contributed by atoms with Crippen molar-refractivity contribution in [1.82, 2.24) is 19.4 Å². The van der Waals surface area contributed by atoms with Crippen LogP contribution in [-0.2, 0) is 17.5 Å². The summed E-state index contributed by atoms with van der Waals surface area (Å²) in [6.45, 7) is 5.44. The van der Waals surface area contributed by atoms with Crippen LogP contribution in [0.1, 0.15) is 28.5 Å². The van der Waals surface area contributed by atoms with Gasteiger partial charge in [0.15, 0.2) is 0 Å². The standard InChI is InChI=1S/C19H23F3N6O3/c1-12(31-17(23)30)11-28-4-3-15(13(28)2)16(29)26-5-7-27(8-6-26)18-24-9-14(10-25-18)19(20,21)22/h3-4,9-10,12H,5-8,11H2,1-2H3,(H2,23,30)/t12-/m0/s1. The Balaban J connectivity index is 1.60. The molecule has 2 amide bonds. The molecule has 2 aromatic rings. The van der Waals surface area contributed by atoms with Crippen LogP contribution in [-0.4, -0.2) is 63.7 Å². The lowest BCUT2D eigenvalue weighted by atomic mass is 10.2. The molecule has 0 saturated carbocycles. The van der Waals surface area contributed by atoms with Gasteiger partial charge in [-0.05, 0) is 19.9 Å². The van der Waals surface area contributed by atoms with E-state index >= 15 is 0 Å². The number of hydrogen-bond donors (Lipinski definition) is 1. The average Bonchev–Trinajstić information content (AvgIpc) is 3.06. The molecule has 3 rings (SSSR count). The molecule has 1 saturated heterocycles. The molecule has 0 aromatic carbocycles. The smallest absolute Gasteiger partial charge is 0.419 e. The Hall–Kier alpha value is -3.31. The Kier molecular flexibility index (Phi) is 6.37. The molecular formula is C19H23F3N6O3. The number of piperazine rings is 1. The maximum atomic E-state index is 12.9. The quantitative estimate of drug-likeness (QED) is 0.763. The molecule has 1 fully saturated rings. The van der Waals surface area contributed by atoms with Gasteiger partial charge < -0.3 is 24.8 Å². The van der Waals surface area contributed by atoms with Crippen molar-refractivity contribution in [2.45, 2.75) is 32.7 Å². The number of anilines is 1. The Morgan fingerprint density at radius 3 is 2.35 bits per heavy atom. The summed E-state index contributed by atoms with van der Waals surface area (Å²) < 4.78 is 44.7. The topological polar surface area (TPSA) is 107 Å². The minimum Gasteiger partial charge on any atom is -0.445 e. The summed E-state index contributed by atoms with van der Waals surface area (Å²) in [4.78, 5) is 34.8. The number of rotatable bonds is 5. The number of ether oxygens (including phenoxy) is 1. The lowest BCUT2D eigenvalue weighted by Crippen LogP contribution is -2.49. The summed E-state index contributed by atoms with van der Waals surface area (Å²) in [5.74, 6) is 0.0542. The fourth-order valence-electron chi connectivity index (χ4n) is 3.40.